The van der Waals surface area contributed by atoms with E-state index >= 15 is 0 Å². The topological polar surface area (TPSA) is 15.7 Å². The Labute approximate surface area is 113 Å². The maximum atomic E-state index is 6.11. The molecule has 3 heteroatoms. The highest BCUT2D eigenvalue weighted by Crippen LogP contribution is 2.30. The average molecular weight is 256 g/mol. The second-order valence-corrected chi connectivity index (χ2v) is 5.53. The van der Waals surface area contributed by atoms with Gasteiger partial charge >= 0.3 is 0 Å². The first-order valence-electron chi connectivity index (χ1n) is 7.75. The third-order valence-electron chi connectivity index (χ3n) is 4.22. The van der Waals surface area contributed by atoms with E-state index in [2.05, 4.69) is 30.6 Å². The largest absolute Gasteiger partial charge is 0.372 e. The molecule has 2 fully saturated rings. The molecule has 0 amide bonds. The van der Waals surface area contributed by atoms with Crippen molar-refractivity contribution in [2.45, 2.75) is 59.1 Å². The van der Waals surface area contributed by atoms with Gasteiger partial charge in [-0.3, -0.25) is 4.90 Å². The van der Waals surface area contributed by atoms with Gasteiger partial charge in [0, 0.05) is 32.2 Å². The minimum atomic E-state index is 0.175. The zero-order valence-electron chi connectivity index (χ0n) is 13.0. The van der Waals surface area contributed by atoms with E-state index in [1.165, 1.54) is 32.5 Å². The molecule has 2 saturated heterocycles. The summed E-state index contributed by atoms with van der Waals surface area (Å²) in [5.41, 5.74) is 0.175. The van der Waals surface area contributed by atoms with Crippen LogP contribution in [0.3, 0.4) is 0 Å². The van der Waals surface area contributed by atoms with Crippen molar-refractivity contribution in [2.24, 2.45) is 0 Å². The predicted molar refractivity (Wildman–Crippen MR) is 78.1 cm³/mol. The third-order valence-corrected chi connectivity index (χ3v) is 4.22. The van der Waals surface area contributed by atoms with Gasteiger partial charge in [0.25, 0.3) is 0 Å². The number of hydrogen-bond acceptors (Lipinski definition) is 3. The van der Waals surface area contributed by atoms with E-state index in [9.17, 15) is 0 Å². The summed E-state index contributed by atoms with van der Waals surface area (Å²) in [6.07, 6.45) is 2.42. The highest BCUT2D eigenvalue weighted by atomic mass is 16.5. The molecule has 2 heterocycles. The highest BCUT2D eigenvalue weighted by Gasteiger charge is 2.39. The SMILES string of the molecule is CC.CCN1CCC2(CC1)CN(C(C)C)CCO2. The summed E-state index contributed by atoms with van der Waals surface area (Å²) >= 11 is 0. The molecule has 18 heavy (non-hydrogen) atoms. The summed E-state index contributed by atoms with van der Waals surface area (Å²) < 4.78 is 6.11. The Morgan fingerprint density at radius 3 is 2.22 bits per heavy atom. The Bertz CT molecular complexity index is 223. The van der Waals surface area contributed by atoms with Crippen LogP contribution in [0.1, 0.15) is 47.5 Å². The van der Waals surface area contributed by atoms with Gasteiger partial charge in [-0.2, -0.15) is 0 Å². The number of nitrogens with zero attached hydrogens (tertiary/aromatic N) is 2. The van der Waals surface area contributed by atoms with Crippen molar-refractivity contribution < 1.29 is 4.74 Å². The van der Waals surface area contributed by atoms with E-state index in [-0.39, 0.29) is 5.60 Å². The molecule has 1 spiro atoms. The van der Waals surface area contributed by atoms with Crippen LogP contribution in [0.15, 0.2) is 0 Å². The van der Waals surface area contributed by atoms with Crippen molar-refractivity contribution in [1.29, 1.82) is 0 Å². The zero-order chi connectivity index (χ0) is 13.6. The van der Waals surface area contributed by atoms with Crippen molar-refractivity contribution in [3.05, 3.63) is 0 Å². The van der Waals surface area contributed by atoms with Gasteiger partial charge in [-0.15, -0.1) is 0 Å². The molecule has 108 valence electrons. The van der Waals surface area contributed by atoms with Crippen molar-refractivity contribution in [2.75, 3.05) is 39.3 Å². The molecule has 0 aromatic heterocycles. The van der Waals surface area contributed by atoms with E-state index in [0.717, 1.165) is 19.7 Å². The number of piperidine rings is 1. The van der Waals surface area contributed by atoms with Crippen LogP contribution in [0.4, 0.5) is 0 Å². The van der Waals surface area contributed by atoms with Gasteiger partial charge in [-0.05, 0) is 33.2 Å². The lowest BCUT2D eigenvalue weighted by atomic mass is 9.89. The molecule has 0 aromatic rings. The molecule has 2 rings (SSSR count). The van der Waals surface area contributed by atoms with Gasteiger partial charge in [0.15, 0.2) is 0 Å². The summed E-state index contributed by atoms with van der Waals surface area (Å²) in [6.45, 7) is 17.6. The van der Waals surface area contributed by atoms with Gasteiger partial charge in [0.1, 0.15) is 0 Å². The summed E-state index contributed by atoms with van der Waals surface area (Å²) in [5.74, 6) is 0. The summed E-state index contributed by atoms with van der Waals surface area (Å²) in [4.78, 5) is 5.11. The van der Waals surface area contributed by atoms with Crippen molar-refractivity contribution in [3.8, 4) is 0 Å². The molecule has 0 N–H and O–H groups in total. The Kier molecular flexibility index (Phi) is 6.61. The molecule has 2 aliphatic heterocycles. The Morgan fingerprint density at radius 1 is 1.11 bits per heavy atom. The Hall–Kier alpha value is -0.120. The van der Waals surface area contributed by atoms with Gasteiger partial charge in [-0.25, -0.2) is 0 Å². The van der Waals surface area contributed by atoms with Crippen LogP contribution in [0.25, 0.3) is 0 Å². The van der Waals surface area contributed by atoms with Crippen molar-refractivity contribution in [3.63, 3.8) is 0 Å². The molecule has 0 unspecified atom stereocenters. The maximum absolute atomic E-state index is 6.11. The monoisotopic (exact) mass is 256 g/mol. The number of rotatable bonds is 2. The highest BCUT2D eigenvalue weighted by molar-refractivity contribution is 4.93. The minimum absolute atomic E-state index is 0.175. The van der Waals surface area contributed by atoms with Crippen LogP contribution in [0, 0.1) is 0 Å². The van der Waals surface area contributed by atoms with E-state index in [0.29, 0.717) is 6.04 Å². The molecular formula is C15H32N2O. The average Bonchev–Trinajstić information content (AvgIpc) is 2.42. The number of hydrogen-bond donors (Lipinski definition) is 0. The van der Waals surface area contributed by atoms with Gasteiger partial charge in [0.2, 0.25) is 0 Å². The van der Waals surface area contributed by atoms with Crippen LogP contribution < -0.4 is 0 Å². The molecule has 3 nitrogen and oxygen atoms in total. The predicted octanol–water partition coefficient (Wildman–Crippen LogP) is 2.61. The van der Waals surface area contributed by atoms with Crippen LogP contribution in [-0.4, -0.2) is 60.8 Å². The quantitative estimate of drug-likeness (QED) is 0.755. The maximum Gasteiger partial charge on any atom is 0.0833 e. The van der Waals surface area contributed by atoms with Crippen LogP contribution in [0.2, 0.25) is 0 Å². The standard InChI is InChI=1S/C13H26N2O.C2H6/c1-4-14-7-5-13(6-8-14)11-15(12(2)3)9-10-16-13;1-2/h12H,4-11H2,1-3H3;1-2H3. The Morgan fingerprint density at radius 2 is 1.72 bits per heavy atom. The first-order valence-corrected chi connectivity index (χ1v) is 7.75. The fourth-order valence-electron chi connectivity index (χ4n) is 2.89. The van der Waals surface area contributed by atoms with E-state index in [1.807, 2.05) is 13.8 Å². The molecule has 0 aliphatic carbocycles. The van der Waals surface area contributed by atoms with E-state index in [1.54, 1.807) is 0 Å². The van der Waals surface area contributed by atoms with Crippen LogP contribution in [0.5, 0.6) is 0 Å². The van der Waals surface area contributed by atoms with Crippen molar-refractivity contribution >= 4 is 0 Å². The minimum Gasteiger partial charge on any atom is -0.372 e. The van der Waals surface area contributed by atoms with Gasteiger partial charge < -0.3 is 9.64 Å². The normalized spacial score (nSPS) is 25.0. The summed E-state index contributed by atoms with van der Waals surface area (Å²) in [7, 11) is 0. The number of likely N-dealkylation sites (tertiary alicyclic amines) is 1. The van der Waals surface area contributed by atoms with E-state index in [4.69, 9.17) is 4.74 Å². The first-order chi connectivity index (χ1) is 8.65. The fraction of sp³-hybridized carbons (Fsp3) is 1.00. The summed E-state index contributed by atoms with van der Waals surface area (Å²) in [5, 5.41) is 0. The van der Waals surface area contributed by atoms with Crippen molar-refractivity contribution in [1.82, 2.24) is 9.80 Å². The second kappa shape index (κ2) is 7.46. The zero-order valence-corrected chi connectivity index (χ0v) is 13.0. The van der Waals surface area contributed by atoms with Gasteiger partial charge in [0.05, 0.1) is 12.2 Å². The lowest BCUT2D eigenvalue weighted by Gasteiger charge is -2.48. The first kappa shape index (κ1) is 15.9. The lowest BCUT2D eigenvalue weighted by Crippen LogP contribution is -2.58. The van der Waals surface area contributed by atoms with Gasteiger partial charge in [-0.1, -0.05) is 20.8 Å². The molecular weight excluding hydrogens is 224 g/mol. The third kappa shape index (κ3) is 3.94. The number of morpholine rings is 1. The van der Waals surface area contributed by atoms with Crippen LogP contribution in [-0.2, 0) is 4.74 Å². The summed E-state index contributed by atoms with van der Waals surface area (Å²) in [6, 6.07) is 0.657. The smallest absolute Gasteiger partial charge is 0.0833 e. The molecule has 0 radical (unpaired) electrons. The Balaban J connectivity index is 0.000000771. The number of ether oxygens (including phenoxy) is 1. The molecule has 0 saturated carbocycles. The molecule has 0 atom stereocenters. The second-order valence-electron chi connectivity index (χ2n) is 5.53. The lowest BCUT2D eigenvalue weighted by molar-refractivity contribution is -0.140. The van der Waals surface area contributed by atoms with Crippen LogP contribution >= 0.6 is 0 Å². The molecule has 2 aliphatic rings. The molecule has 0 bridgehead atoms. The molecule has 0 aromatic carbocycles. The van der Waals surface area contributed by atoms with E-state index < -0.39 is 0 Å². The fourth-order valence-corrected chi connectivity index (χ4v) is 2.89.